The number of carbonyl (C=O) groups is 1. The van der Waals surface area contributed by atoms with Crippen LogP contribution in [0.25, 0.3) is 0 Å². The van der Waals surface area contributed by atoms with Crippen LogP contribution in [0.5, 0.6) is 0 Å². The van der Waals surface area contributed by atoms with E-state index in [0.29, 0.717) is 25.3 Å². The van der Waals surface area contributed by atoms with Gasteiger partial charge in [-0.15, -0.1) is 5.10 Å². The van der Waals surface area contributed by atoms with E-state index in [1.54, 1.807) is 15.8 Å². The van der Waals surface area contributed by atoms with Gasteiger partial charge in [0, 0.05) is 13.1 Å². The normalized spacial score (nSPS) is 18.7. The third-order valence-electron chi connectivity index (χ3n) is 3.63. The van der Waals surface area contributed by atoms with E-state index >= 15 is 0 Å². The van der Waals surface area contributed by atoms with Gasteiger partial charge in [-0.25, -0.2) is 4.68 Å². The maximum Gasteiger partial charge on any atom is 0.276 e. The zero-order valence-electron chi connectivity index (χ0n) is 11.7. The minimum absolute atomic E-state index is 0.159. The predicted molar refractivity (Wildman–Crippen MR) is 76.7 cm³/mol. The molecule has 1 aliphatic heterocycles. The number of hydrogen-bond donors (Lipinski definition) is 1. The highest BCUT2D eigenvalue weighted by molar-refractivity contribution is 5.92. The number of carbonyl (C=O) groups excluding carboxylic acids is 1. The van der Waals surface area contributed by atoms with Crippen molar-refractivity contribution in [3.8, 4) is 0 Å². The number of nitrogens with zero attached hydrogens (tertiary/aromatic N) is 4. The predicted octanol–water partition coefficient (Wildman–Crippen LogP) is 0.923. The number of rotatable bonds is 3. The van der Waals surface area contributed by atoms with E-state index in [1.807, 2.05) is 30.3 Å². The lowest BCUT2D eigenvalue weighted by atomic mass is 10.1. The molecule has 0 bridgehead atoms. The van der Waals surface area contributed by atoms with Gasteiger partial charge in [-0.05, 0) is 18.4 Å². The SMILES string of the molecule is O=C(c1cn(Cc2ccccc2)nn1)N1CCCC(O)C1. The lowest BCUT2D eigenvalue weighted by Gasteiger charge is -2.29. The zero-order chi connectivity index (χ0) is 14.7. The topological polar surface area (TPSA) is 71.2 Å². The standard InChI is InChI=1S/C15H18N4O2/c20-13-7-4-8-18(10-13)15(21)14-11-19(17-16-14)9-12-5-2-1-3-6-12/h1-3,5-6,11,13,20H,4,7-10H2. The van der Waals surface area contributed by atoms with Crippen LogP contribution in [0, 0.1) is 0 Å². The molecule has 6 nitrogen and oxygen atoms in total. The molecule has 3 rings (SSSR count). The van der Waals surface area contributed by atoms with Gasteiger partial charge in [-0.1, -0.05) is 35.5 Å². The smallest absolute Gasteiger partial charge is 0.276 e. The summed E-state index contributed by atoms with van der Waals surface area (Å²) in [4.78, 5) is 14.0. The summed E-state index contributed by atoms with van der Waals surface area (Å²) in [5.41, 5.74) is 1.44. The summed E-state index contributed by atoms with van der Waals surface area (Å²) in [5.74, 6) is -0.159. The third-order valence-corrected chi connectivity index (χ3v) is 3.63. The molecule has 1 unspecified atom stereocenters. The summed E-state index contributed by atoms with van der Waals surface area (Å²) in [6.07, 6.45) is 2.81. The fourth-order valence-corrected chi connectivity index (χ4v) is 2.55. The van der Waals surface area contributed by atoms with E-state index in [-0.39, 0.29) is 5.91 Å². The van der Waals surface area contributed by atoms with Crippen LogP contribution in [-0.4, -0.2) is 50.1 Å². The number of aromatic nitrogens is 3. The molecular formula is C15H18N4O2. The van der Waals surface area contributed by atoms with E-state index in [1.165, 1.54) is 0 Å². The zero-order valence-corrected chi connectivity index (χ0v) is 11.7. The van der Waals surface area contributed by atoms with Crippen molar-refractivity contribution in [1.82, 2.24) is 19.9 Å². The number of aliphatic hydroxyl groups excluding tert-OH is 1. The quantitative estimate of drug-likeness (QED) is 0.911. The number of piperidine rings is 1. The molecule has 1 saturated heterocycles. The summed E-state index contributed by atoms with van der Waals surface area (Å²) >= 11 is 0. The monoisotopic (exact) mass is 286 g/mol. The highest BCUT2D eigenvalue weighted by Crippen LogP contribution is 2.12. The van der Waals surface area contributed by atoms with Crippen LogP contribution < -0.4 is 0 Å². The molecule has 1 atom stereocenters. The lowest BCUT2D eigenvalue weighted by Crippen LogP contribution is -2.42. The average Bonchev–Trinajstić information content (AvgIpc) is 2.96. The van der Waals surface area contributed by atoms with E-state index in [9.17, 15) is 9.90 Å². The van der Waals surface area contributed by atoms with Crippen LogP contribution in [0.3, 0.4) is 0 Å². The Morgan fingerprint density at radius 3 is 2.90 bits per heavy atom. The van der Waals surface area contributed by atoms with Crippen molar-refractivity contribution in [3.05, 3.63) is 47.8 Å². The first-order chi connectivity index (χ1) is 10.2. The van der Waals surface area contributed by atoms with Crippen LogP contribution in [0.4, 0.5) is 0 Å². The van der Waals surface area contributed by atoms with Crippen molar-refractivity contribution >= 4 is 5.91 Å². The molecule has 0 radical (unpaired) electrons. The molecule has 1 aromatic heterocycles. The van der Waals surface area contributed by atoms with Crippen molar-refractivity contribution in [2.75, 3.05) is 13.1 Å². The second-order valence-corrected chi connectivity index (χ2v) is 5.33. The van der Waals surface area contributed by atoms with Gasteiger partial charge in [-0.3, -0.25) is 4.79 Å². The Hall–Kier alpha value is -2.21. The summed E-state index contributed by atoms with van der Waals surface area (Å²) in [5, 5.41) is 17.6. The number of benzene rings is 1. The van der Waals surface area contributed by atoms with E-state index < -0.39 is 6.10 Å². The van der Waals surface area contributed by atoms with Gasteiger partial charge < -0.3 is 10.0 Å². The lowest BCUT2D eigenvalue weighted by molar-refractivity contribution is 0.0469. The Bertz CT molecular complexity index is 611. The van der Waals surface area contributed by atoms with Gasteiger partial charge in [0.05, 0.1) is 18.8 Å². The van der Waals surface area contributed by atoms with Gasteiger partial charge in [0.2, 0.25) is 0 Å². The number of aliphatic hydroxyl groups is 1. The Morgan fingerprint density at radius 2 is 2.14 bits per heavy atom. The van der Waals surface area contributed by atoms with Crippen molar-refractivity contribution in [2.24, 2.45) is 0 Å². The summed E-state index contributed by atoms with van der Waals surface area (Å²) in [7, 11) is 0. The van der Waals surface area contributed by atoms with Gasteiger partial charge in [0.1, 0.15) is 0 Å². The molecule has 0 aliphatic carbocycles. The Balaban J connectivity index is 1.68. The molecule has 1 fully saturated rings. The molecule has 1 N–H and O–H groups in total. The van der Waals surface area contributed by atoms with Crippen molar-refractivity contribution in [2.45, 2.75) is 25.5 Å². The number of β-amino-alcohol motifs (C(OH)–C–C–N with tert-alkyl or cyclic N) is 1. The number of hydrogen-bond acceptors (Lipinski definition) is 4. The minimum atomic E-state index is -0.429. The first kappa shape index (κ1) is 13.8. The van der Waals surface area contributed by atoms with Crippen molar-refractivity contribution < 1.29 is 9.90 Å². The van der Waals surface area contributed by atoms with Crippen LogP contribution in [0.2, 0.25) is 0 Å². The van der Waals surface area contributed by atoms with Gasteiger partial charge in [-0.2, -0.15) is 0 Å². The maximum absolute atomic E-state index is 12.3. The Kier molecular flexibility index (Phi) is 3.96. The fraction of sp³-hybridized carbons (Fsp3) is 0.400. The molecule has 110 valence electrons. The highest BCUT2D eigenvalue weighted by atomic mass is 16.3. The largest absolute Gasteiger partial charge is 0.391 e. The number of likely N-dealkylation sites (tertiary alicyclic amines) is 1. The molecule has 1 amide bonds. The van der Waals surface area contributed by atoms with E-state index in [0.717, 1.165) is 18.4 Å². The van der Waals surface area contributed by atoms with Gasteiger partial charge in [0.15, 0.2) is 5.69 Å². The molecule has 0 saturated carbocycles. The van der Waals surface area contributed by atoms with Gasteiger partial charge >= 0.3 is 0 Å². The Labute approximate surface area is 123 Å². The second-order valence-electron chi connectivity index (χ2n) is 5.33. The van der Waals surface area contributed by atoms with Crippen LogP contribution in [0.1, 0.15) is 28.9 Å². The van der Waals surface area contributed by atoms with Crippen LogP contribution in [-0.2, 0) is 6.54 Å². The molecule has 1 aromatic carbocycles. The maximum atomic E-state index is 12.3. The first-order valence-electron chi connectivity index (χ1n) is 7.14. The van der Waals surface area contributed by atoms with E-state index in [2.05, 4.69) is 10.3 Å². The van der Waals surface area contributed by atoms with Crippen LogP contribution >= 0.6 is 0 Å². The second kappa shape index (κ2) is 6.05. The highest BCUT2D eigenvalue weighted by Gasteiger charge is 2.24. The average molecular weight is 286 g/mol. The molecular weight excluding hydrogens is 268 g/mol. The molecule has 2 heterocycles. The molecule has 6 heteroatoms. The summed E-state index contributed by atoms with van der Waals surface area (Å²) in [6.45, 7) is 1.63. The third kappa shape index (κ3) is 3.28. The van der Waals surface area contributed by atoms with Gasteiger partial charge in [0.25, 0.3) is 5.91 Å². The minimum Gasteiger partial charge on any atom is -0.391 e. The number of amides is 1. The fourth-order valence-electron chi connectivity index (χ4n) is 2.55. The molecule has 1 aliphatic rings. The summed E-state index contributed by atoms with van der Waals surface area (Å²) < 4.78 is 1.66. The summed E-state index contributed by atoms with van der Waals surface area (Å²) in [6, 6.07) is 9.90. The Morgan fingerprint density at radius 1 is 1.33 bits per heavy atom. The molecule has 0 spiro atoms. The molecule has 21 heavy (non-hydrogen) atoms. The molecule has 2 aromatic rings. The van der Waals surface area contributed by atoms with Crippen molar-refractivity contribution in [1.29, 1.82) is 0 Å². The van der Waals surface area contributed by atoms with Crippen LogP contribution in [0.15, 0.2) is 36.5 Å². The van der Waals surface area contributed by atoms with Crippen molar-refractivity contribution in [3.63, 3.8) is 0 Å². The first-order valence-corrected chi connectivity index (χ1v) is 7.14. The van der Waals surface area contributed by atoms with E-state index in [4.69, 9.17) is 0 Å².